The highest BCUT2D eigenvalue weighted by molar-refractivity contribution is 9.10. The van der Waals surface area contributed by atoms with Crippen LogP contribution in [0.3, 0.4) is 0 Å². The highest BCUT2D eigenvalue weighted by Gasteiger charge is 2.15. The van der Waals surface area contributed by atoms with Crippen LogP contribution in [0.5, 0.6) is 0 Å². The lowest BCUT2D eigenvalue weighted by molar-refractivity contribution is 0.546. The van der Waals surface area contributed by atoms with Gasteiger partial charge in [-0.3, -0.25) is 16.0 Å². The molecule has 1 atom stereocenters. The molecule has 1 unspecified atom stereocenters. The van der Waals surface area contributed by atoms with E-state index in [9.17, 15) is 4.39 Å². The standard InChI is InChI=1S/C13H16BrFN4/c1-2-19-8-9(7-17-19)5-13(18-16)11-4-3-10(15)6-12(11)14/h3-4,6-8,13,18H,2,5,16H2,1H3. The number of nitrogens with one attached hydrogen (secondary N) is 1. The summed E-state index contributed by atoms with van der Waals surface area (Å²) in [5, 5.41) is 4.23. The summed E-state index contributed by atoms with van der Waals surface area (Å²) in [6.45, 7) is 2.87. The maximum absolute atomic E-state index is 13.1. The normalized spacial score (nSPS) is 12.6. The van der Waals surface area contributed by atoms with Gasteiger partial charge in [-0.15, -0.1) is 0 Å². The monoisotopic (exact) mass is 326 g/mol. The molecule has 6 heteroatoms. The molecule has 2 rings (SSSR count). The fourth-order valence-electron chi connectivity index (χ4n) is 1.96. The average Bonchev–Trinajstić information content (AvgIpc) is 2.84. The lowest BCUT2D eigenvalue weighted by atomic mass is 10.0. The van der Waals surface area contributed by atoms with Gasteiger partial charge in [0.2, 0.25) is 0 Å². The second-order valence-corrected chi connectivity index (χ2v) is 5.15. The van der Waals surface area contributed by atoms with Gasteiger partial charge < -0.3 is 0 Å². The summed E-state index contributed by atoms with van der Waals surface area (Å²) in [5.74, 6) is 5.33. The first-order chi connectivity index (χ1) is 9.13. The number of rotatable bonds is 5. The minimum absolute atomic E-state index is 0.0931. The van der Waals surface area contributed by atoms with Gasteiger partial charge in [0, 0.05) is 17.2 Å². The summed E-state index contributed by atoms with van der Waals surface area (Å²) in [5.41, 5.74) is 4.77. The second-order valence-electron chi connectivity index (χ2n) is 4.29. The molecule has 0 aliphatic heterocycles. The van der Waals surface area contributed by atoms with E-state index in [1.54, 1.807) is 6.07 Å². The molecule has 1 heterocycles. The van der Waals surface area contributed by atoms with Crippen LogP contribution in [0.4, 0.5) is 4.39 Å². The van der Waals surface area contributed by atoms with Crippen molar-refractivity contribution in [2.45, 2.75) is 25.9 Å². The van der Waals surface area contributed by atoms with Crippen LogP contribution >= 0.6 is 15.9 Å². The number of nitrogens with two attached hydrogens (primary N) is 1. The Labute approximate surface area is 119 Å². The van der Waals surface area contributed by atoms with Crippen molar-refractivity contribution >= 4 is 15.9 Å². The van der Waals surface area contributed by atoms with Gasteiger partial charge in [0.15, 0.2) is 0 Å². The molecule has 0 radical (unpaired) electrons. The van der Waals surface area contributed by atoms with Crippen LogP contribution < -0.4 is 11.3 Å². The number of hydrogen-bond donors (Lipinski definition) is 2. The number of halogens is 2. The minimum atomic E-state index is -0.273. The first kappa shape index (κ1) is 14.2. The van der Waals surface area contributed by atoms with Gasteiger partial charge in [-0.25, -0.2) is 4.39 Å². The molecule has 0 aliphatic carbocycles. The lowest BCUT2D eigenvalue weighted by Gasteiger charge is -2.17. The predicted octanol–water partition coefficient (Wildman–Crippen LogP) is 2.55. The summed E-state index contributed by atoms with van der Waals surface area (Å²) >= 11 is 3.36. The first-order valence-electron chi connectivity index (χ1n) is 6.06. The topological polar surface area (TPSA) is 55.9 Å². The minimum Gasteiger partial charge on any atom is -0.273 e. The summed E-state index contributed by atoms with van der Waals surface area (Å²) in [4.78, 5) is 0. The Morgan fingerprint density at radius 3 is 2.89 bits per heavy atom. The molecule has 2 aromatic rings. The molecule has 0 bridgehead atoms. The molecule has 102 valence electrons. The zero-order valence-corrected chi connectivity index (χ0v) is 12.2. The van der Waals surface area contributed by atoms with Crippen LogP contribution in [0, 0.1) is 5.82 Å². The SMILES string of the molecule is CCn1cc(CC(NN)c2ccc(F)cc2Br)cn1. The maximum atomic E-state index is 13.1. The largest absolute Gasteiger partial charge is 0.273 e. The van der Waals surface area contributed by atoms with Crippen LogP contribution in [0.15, 0.2) is 35.1 Å². The molecule has 0 amide bonds. The molecular formula is C13H16BrFN4. The Morgan fingerprint density at radius 1 is 1.53 bits per heavy atom. The molecule has 19 heavy (non-hydrogen) atoms. The Hall–Kier alpha value is -1.24. The molecule has 1 aromatic heterocycles. The van der Waals surface area contributed by atoms with E-state index >= 15 is 0 Å². The van der Waals surface area contributed by atoms with Crippen molar-refractivity contribution in [1.82, 2.24) is 15.2 Å². The second kappa shape index (κ2) is 6.27. The van der Waals surface area contributed by atoms with Gasteiger partial charge >= 0.3 is 0 Å². The molecule has 0 saturated heterocycles. The van der Waals surface area contributed by atoms with Crippen molar-refractivity contribution < 1.29 is 4.39 Å². The smallest absolute Gasteiger partial charge is 0.124 e. The molecule has 0 fully saturated rings. The highest BCUT2D eigenvalue weighted by atomic mass is 79.9. The first-order valence-corrected chi connectivity index (χ1v) is 6.85. The van der Waals surface area contributed by atoms with Gasteiger partial charge in [-0.05, 0) is 36.6 Å². The van der Waals surface area contributed by atoms with E-state index in [0.29, 0.717) is 10.9 Å². The van der Waals surface area contributed by atoms with Crippen LogP contribution in [-0.2, 0) is 13.0 Å². The van der Waals surface area contributed by atoms with Crippen LogP contribution in [-0.4, -0.2) is 9.78 Å². The Morgan fingerprint density at radius 2 is 2.32 bits per heavy atom. The predicted molar refractivity (Wildman–Crippen MR) is 75.8 cm³/mol. The van der Waals surface area contributed by atoms with E-state index in [1.165, 1.54) is 12.1 Å². The molecular weight excluding hydrogens is 311 g/mol. The van der Waals surface area contributed by atoms with Crippen molar-refractivity contribution in [3.63, 3.8) is 0 Å². The molecule has 1 aromatic carbocycles. The van der Waals surface area contributed by atoms with Crippen LogP contribution in [0.25, 0.3) is 0 Å². The number of aryl methyl sites for hydroxylation is 1. The van der Waals surface area contributed by atoms with E-state index in [4.69, 9.17) is 5.84 Å². The number of hydrogen-bond acceptors (Lipinski definition) is 3. The highest BCUT2D eigenvalue weighted by Crippen LogP contribution is 2.26. The molecule has 4 nitrogen and oxygen atoms in total. The Bertz CT molecular complexity index is 555. The number of benzene rings is 1. The number of nitrogens with zero attached hydrogens (tertiary/aromatic N) is 2. The molecule has 0 aliphatic rings. The van der Waals surface area contributed by atoms with Gasteiger partial charge in [-0.2, -0.15) is 5.10 Å². The third-order valence-corrected chi connectivity index (χ3v) is 3.68. The summed E-state index contributed by atoms with van der Waals surface area (Å²) in [6, 6.07) is 4.51. The van der Waals surface area contributed by atoms with E-state index in [-0.39, 0.29) is 11.9 Å². The number of aromatic nitrogens is 2. The molecule has 3 N–H and O–H groups in total. The summed E-state index contributed by atoms with van der Waals surface area (Å²) < 4.78 is 15.7. The quantitative estimate of drug-likeness (QED) is 0.655. The third kappa shape index (κ3) is 3.40. The van der Waals surface area contributed by atoms with Crippen molar-refractivity contribution in [1.29, 1.82) is 0 Å². The fourth-order valence-corrected chi connectivity index (χ4v) is 2.59. The number of hydrazine groups is 1. The van der Waals surface area contributed by atoms with Crippen LogP contribution in [0.1, 0.15) is 24.1 Å². The molecule has 0 saturated carbocycles. The van der Waals surface area contributed by atoms with Gasteiger partial charge in [0.1, 0.15) is 5.82 Å². The van der Waals surface area contributed by atoms with Gasteiger partial charge in [0.05, 0.1) is 12.2 Å². The van der Waals surface area contributed by atoms with Crippen molar-refractivity contribution in [3.8, 4) is 0 Å². The van der Waals surface area contributed by atoms with Crippen molar-refractivity contribution in [2.75, 3.05) is 0 Å². The summed E-state index contributed by atoms with van der Waals surface area (Å²) in [6.07, 6.45) is 4.51. The van der Waals surface area contributed by atoms with E-state index in [0.717, 1.165) is 17.7 Å². The van der Waals surface area contributed by atoms with E-state index in [2.05, 4.69) is 26.5 Å². The maximum Gasteiger partial charge on any atom is 0.124 e. The Kier molecular flexibility index (Phi) is 4.68. The zero-order chi connectivity index (χ0) is 13.8. The zero-order valence-electron chi connectivity index (χ0n) is 10.6. The lowest BCUT2D eigenvalue weighted by Crippen LogP contribution is -2.29. The summed E-state index contributed by atoms with van der Waals surface area (Å²) in [7, 11) is 0. The van der Waals surface area contributed by atoms with Gasteiger partial charge in [0.25, 0.3) is 0 Å². The third-order valence-electron chi connectivity index (χ3n) is 2.99. The van der Waals surface area contributed by atoms with E-state index < -0.39 is 0 Å². The van der Waals surface area contributed by atoms with Gasteiger partial charge in [-0.1, -0.05) is 22.0 Å². The van der Waals surface area contributed by atoms with Crippen molar-refractivity contribution in [2.24, 2.45) is 5.84 Å². The van der Waals surface area contributed by atoms with Crippen molar-refractivity contribution in [3.05, 3.63) is 52.0 Å². The molecule has 0 spiro atoms. The Balaban J connectivity index is 2.19. The van der Waals surface area contributed by atoms with E-state index in [1.807, 2.05) is 24.0 Å². The van der Waals surface area contributed by atoms with Crippen LogP contribution in [0.2, 0.25) is 0 Å². The average molecular weight is 327 g/mol. The fraction of sp³-hybridized carbons (Fsp3) is 0.308.